The fourth-order valence-electron chi connectivity index (χ4n) is 2.75. The molecule has 36 heavy (non-hydrogen) atoms. The van der Waals surface area contributed by atoms with Gasteiger partial charge in [-0.2, -0.15) is 0 Å². The number of carbonyl (C=O) groups is 4. The molecule has 15 nitrogen and oxygen atoms in total. The van der Waals surface area contributed by atoms with Crippen LogP contribution in [0.4, 0.5) is 9.93 Å². The predicted molar refractivity (Wildman–Crippen MR) is 125 cm³/mol. The van der Waals surface area contributed by atoms with E-state index in [4.69, 9.17) is 9.57 Å². The SMILES string of the molecule is CC(C)(C)OC(=O)Nc1nc(/C(=N/OC(C)(C)C(=O)O)C(=O)N[C@@H]2C(=O)N[C@@H]2Cn2cnnc2)cs1. The normalized spacial score (nSPS) is 18.0. The lowest BCUT2D eigenvalue weighted by molar-refractivity contribution is -0.161. The second kappa shape index (κ2) is 10.3. The third kappa shape index (κ3) is 6.74. The Morgan fingerprint density at radius 3 is 2.47 bits per heavy atom. The molecular weight excluding hydrogens is 496 g/mol. The van der Waals surface area contributed by atoms with Gasteiger partial charge in [-0.05, 0) is 34.6 Å². The molecule has 1 fully saturated rings. The van der Waals surface area contributed by atoms with Crippen LogP contribution in [0.3, 0.4) is 0 Å². The van der Waals surface area contributed by atoms with Gasteiger partial charge < -0.3 is 29.9 Å². The molecule has 0 aromatic carbocycles. The number of nitrogens with one attached hydrogen (secondary N) is 3. The topological polar surface area (TPSA) is 199 Å². The molecule has 1 aliphatic rings. The van der Waals surface area contributed by atoms with Gasteiger partial charge in [0.05, 0.1) is 6.04 Å². The van der Waals surface area contributed by atoms with E-state index in [1.165, 1.54) is 31.9 Å². The van der Waals surface area contributed by atoms with Crippen LogP contribution in [0, 0.1) is 0 Å². The largest absolute Gasteiger partial charge is 0.478 e. The maximum absolute atomic E-state index is 13.1. The van der Waals surface area contributed by atoms with Crippen molar-refractivity contribution in [3.8, 4) is 0 Å². The van der Waals surface area contributed by atoms with E-state index in [9.17, 15) is 24.3 Å². The zero-order valence-electron chi connectivity index (χ0n) is 20.1. The highest BCUT2D eigenvalue weighted by molar-refractivity contribution is 7.14. The minimum atomic E-state index is -1.76. The van der Waals surface area contributed by atoms with Crippen molar-refractivity contribution in [2.45, 2.75) is 64.4 Å². The molecule has 3 amide bonds. The number of amides is 3. The Bertz CT molecular complexity index is 1170. The first-order chi connectivity index (χ1) is 16.7. The maximum atomic E-state index is 13.1. The zero-order chi connectivity index (χ0) is 26.7. The minimum absolute atomic E-state index is 0.0140. The molecule has 0 unspecified atom stereocenters. The van der Waals surface area contributed by atoms with Gasteiger partial charge in [-0.3, -0.25) is 14.9 Å². The van der Waals surface area contributed by atoms with Crippen molar-refractivity contribution in [1.29, 1.82) is 0 Å². The number of hydrogen-bond donors (Lipinski definition) is 4. The summed E-state index contributed by atoms with van der Waals surface area (Å²) in [7, 11) is 0. The average molecular weight is 523 g/mol. The van der Waals surface area contributed by atoms with Gasteiger partial charge in [0.25, 0.3) is 5.91 Å². The number of hydrogen-bond acceptors (Lipinski definition) is 11. The fraction of sp³-hybridized carbons (Fsp3) is 0.500. The van der Waals surface area contributed by atoms with Gasteiger partial charge in [-0.1, -0.05) is 5.16 Å². The molecule has 1 saturated heterocycles. The van der Waals surface area contributed by atoms with Crippen molar-refractivity contribution in [3.05, 3.63) is 23.7 Å². The second-order valence-corrected chi connectivity index (χ2v) is 10.1. The molecule has 3 heterocycles. The van der Waals surface area contributed by atoms with E-state index in [0.29, 0.717) is 6.54 Å². The standard InChI is InChI=1S/C20H26N8O7S/c1-19(2,3)34-18(33)26-17-24-11(7-36-17)13(27-35-20(4,5)16(31)32)15(30)25-12-10(23-14(12)29)6-28-8-21-22-9-28/h7-10,12H,6H2,1-5H3,(H,23,29)(H,25,30)(H,31,32)(H,24,26,33)/b27-13-/t10-,12+/m1/s1. The second-order valence-electron chi connectivity index (χ2n) is 9.24. The molecule has 194 valence electrons. The van der Waals surface area contributed by atoms with Gasteiger partial charge in [0.15, 0.2) is 10.8 Å². The highest BCUT2D eigenvalue weighted by Gasteiger charge is 2.41. The molecule has 0 bridgehead atoms. The number of rotatable bonds is 9. The average Bonchev–Trinajstić information content (AvgIpc) is 3.43. The number of aromatic nitrogens is 4. The van der Waals surface area contributed by atoms with Crippen molar-refractivity contribution in [2.75, 3.05) is 5.32 Å². The predicted octanol–water partition coefficient (Wildman–Crippen LogP) is 0.349. The van der Waals surface area contributed by atoms with Gasteiger partial charge in [0.1, 0.15) is 30.0 Å². The number of β-lactam (4-membered cyclic amide) rings is 1. The van der Waals surface area contributed by atoms with Crippen molar-refractivity contribution in [1.82, 2.24) is 30.4 Å². The minimum Gasteiger partial charge on any atom is -0.478 e. The maximum Gasteiger partial charge on any atom is 0.413 e. The summed E-state index contributed by atoms with van der Waals surface area (Å²) >= 11 is 0.979. The first-order valence-electron chi connectivity index (χ1n) is 10.6. The van der Waals surface area contributed by atoms with E-state index < -0.39 is 47.2 Å². The van der Waals surface area contributed by atoms with Gasteiger partial charge in [0, 0.05) is 11.9 Å². The molecule has 1 aliphatic heterocycles. The number of nitrogens with zero attached hydrogens (tertiary/aromatic N) is 5. The molecule has 0 saturated carbocycles. The smallest absolute Gasteiger partial charge is 0.413 e. The van der Waals surface area contributed by atoms with E-state index in [0.717, 1.165) is 11.3 Å². The Balaban J connectivity index is 1.79. The summed E-state index contributed by atoms with van der Waals surface area (Å²) < 4.78 is 6.81. The third-order valence-electron chi connectivity index (χ3n) is 4.62. The van der Waals surface area contributed by atoms with Crippen LogP contribution >= 0.6 is 11.3 Å². The van der Waals surface area contributed by atoms with E-state index in [1.807, 2.05) is 0 Å². The highest BCUT2D eigenvalue weighted by atomic mass is 32.1. The van der Waals surface area contributed by atoms with E-state index in [1.54, 1.807) is 25.3 Å². The number of oxime groups is 1. The molecule has 2 aromatic rings. The summed E-state index contributed by atoms with van der Waals surface area (Å²) in [5, 5.41) is 29.6. The van der Waals surface area contributed by atoms with E-state index in [2.05, 4.69) is 36.3 Å². The molecule has 16 heteroatoms. The molecule has 0 spiro atoms. The van der Waals surface area contributed by atoms with Gasteiger partial charge >= 0.3 is 12.1 Å². The summed E-state index contributed by atoms with van der Waals surface area (Å²) in [6.07, 6.45) is 2.18. The summed E-state index contributed by atoms with van der Waals surface area (Å²) in [5.41, 5.74) is -2.90. The summed E-state index contributed by atoms with van der Waals surface area (Å²) in [5.74, 6) is -2.57. The quantitative estimate of drug-likeness (QED) is 0.202. The molecule has 0 aliphatic carbocycles. The molecular formula is C20H26N8O7S. The Labute approximate surface area is 209 Å². The van der Waals surface area contributed by atoms with Crippen LogP contribution in [0.5, 0.6) is 0 Å². The molecule has 0 radical (unpaired) electrons. The van der Waals surface area contributed by atoms with Gasteiger partial charge in [-0.15, -0.1) is 21.5 Å². The summed E-state index contributed by atoms with van der Waals surface area (Å²) in [6.45, 7) is 7.90. The Hall–Kier alpha value is -4.08. The van der Waals surface area contributed by atoms with Gasteiger partial charge in [0.2, 0.25) is 11.5 Å². The van der Waals surface area contributed by atoms with Crippen LogP contribution in [0.2, 0.25) is 0 Å². The lowest BCUT2D eigenvalue weighted by Gasteiger charge is -2.37. The first kappa shape index (κ1) is 26.5. The summed E-state index contributed by atoms with van der Waals surface area (Å²) in [6, 6.07) is -1.36. The van der Waals surface area contributed by atoms with E-state index >= 15 is 0 Å². The number of anilines is 1. The third-order valence-corrected chi connectivity index (χ3v) is 5.38. The Morgan fingerprint density at radius 1 is 1.22 bits per heavy atom. The van der Waals surface area contributed by atoms with Crippen molar-refractivity contribution >= 4 is 46.1 Å². The lowest BCUT2D eigenvalue weighted by atomic mass is 9.98. The molecule has 2 aromatic heterocycles. The monoisotopic (exact) mass is 522 g/mol. The lowest BCUT2D eigenvalue weighted by Crippen LogP contribution is -2.70. The number of carboxylic acids is 1. The number of ether oxygens (including phenoxy) is 1. The summed E-state index contributed by atoms with van der Waals surface area (Å²) in [4.78, 5) is 58.0. The number of aliphatic carboxylic acids is 1. The Morgan fingerprint density at radius 2 is 1.89 bits per heavy atom. The highest BCUT2D eigenvalue weighted by Crippen LogP contribution is 2.20. The Kier molecular flexibility index (Phi) is 7.57. The number of thiazole rings is 1. The van der Waals surface area contributed by atoms with Crippen LogP contribution < -0.4 is 16.0 Å². The first-order valence-corrected chi connectivity index (χ1v) is 11.5. The van der Waals surface area contributed by atoms with Crippen LogP contribution in [0.1, 0.15) is 40.3 Å². The van der Waals surface area contributed by atoms with Crippen LogP contribution in [-0.4, -0.2) is 77.7 Å². The van der Waals surface area contributed by atoms with E-state index in [-0.39, 0.29) is 16.5 Å². The van der Waals surface area contributed by atoms with Crippen LogP contribution in [-0.2, 0) is 30.5 Å². The zero-order valence-corrected chi connectivity index (χ0v) is 21.0. The van der Waals surface area contributed by atoms with Crippen LogP contribution in [0.25, 0.3) is 0 Å². The number of carboxylic acid groups (broad SMARTS) is 1. The van der Waals surface area contributed by atoms with Crippen LogP contribution in [0.15, 0.2) is 23.2 Å². The van der Waals surface area contributed by atoms with Crippen molar-refractivity contribution in [2.24, 2.45) is 5.16 Å². The van der Waals surface area contributed by atoms with Crippen molar-refractivity contribution < 1.29 is 33.9 Å². The number of carbonyl (C=O) groups excluding carboxylic acids is 3. The van der Waals surface area contributed by atoms with Gasteiger partial charge in [-0.25, -0.2) is 14.6 Å². The van der Waals surface area contributed by atoms with Crippen molar-refractivity contribution in [3.63, 3.8) is 0 Å². The molecule has 2 atom stereocenters. The molecule has 3 rings (SSSR count). The molecule has 4 N–H and O–H groups in total. The fourth-order valence-corrected chi connectivity index (χ4v) is 3.43.